The molecule has 0 aromatic heterocycles. The summed E-state index contributed by atoms with van der Waals surface area (Å²) in [5.74, 6) is 0. The van der Waals surface area contributed by atoms with E-state index in [0.29, 0.717) is 5.69 Å². The quantitative estimate of drug-likeness (QED) is 0.862. The van der Waals surface area contributed by atoms with Crippen molar-refractivity contribution < 1.29 is 13.2 Å². The lowest BCUT2D eigenvalue weighted by atomic mass is 9.87. The van der Waals surface area contributed by atoms with Crippen LogP contribution in [0, 0.1) is 16.7 Å². The topological polar surface area (TPSA) is 35.8 Å². The van der Waals surface area contributed by atoms with Crippen molar-refractivity contribution in [2.24, 2.45) is 5.41 Å². The van der Waals surface area contributed by atoms with Crippen LogP contribution in [0.25, 0.3) is 0 Å². The van der Waals surface area contributed by atoms with Crippen molar-refractivity contribution >= 4 is 5.69 Å². The van der Waals surface area contributed by atoms with Gasteiger partial charge in [-0.25, -0.2) is 0 Å². The highest BCUT2D eigenvalue weighted by Crippen LogP contribution is 2.40. The first-order valence-corrected chi connectivity index (χ1v) is 6.62. The Kier molecular flexibility index (Phi) is 3.68. The summed E-state index contributed by atoms with van der Waals surface area (Å²) in [6.45, 7) is 4.27. The first-order chi connectivity index (χ1) is 9.24. The van der Waals surface area contributed by atoms with E-state index in [2.05, 4.69) is 19.2 Å². The van der Waals surface area contributed by atoms with E-state index in [-0.39, 0.29) is 17.0 Å². The smallest absolute Gasteiger partial charge is 0.381 e. The molecule has 1 N–H and O–H groups in total. The molecule has 1 atom stereocenters. The second-order valence-corrected chi connectivity index (χ2v) is 5.95. The van der Waals surface area contributed by atoms with Gasteiger partial charge in [0, 0.05) is 6.04 Å². The molecule has 1 aliphatic carbocycles. The van der Waals surface area contributed by atoms with Gasteiger partial charge in [0.2, 0.25) is 0 Å². The maximum atomic E-state index is 12.6. The summed E-state index contributed by atoms with van der Waals surface area (Å²) >= 11 is 0. The molecule has 20 heavy (non-hydrogen) atoms. The average Bonchev–Trinajstić information content (AvgIpc) is 2.68. The minimum atomic E-state index is -4.42. The third kappa shape index (κ3) is 2.90. The molecule has 0 bridgehead atoms. The molecule has 0 saturated heterocycles. The van der Waals surface area contributed by atoms with Crippen molar-refractivity contribution in [2.75, 3.05) is 5.32 Å². The number of anilines is 1. The lowest BCUT2D eigenvalue weighted by molar-refractivity contribution is -0.137. The number of rotatable bonds is 2. The highest BCUT2D eigenvalue weighted by molar-refractivity contribution is 5.59. The SMILES string of the molecule is CC1(C)CCCC1Nc1ccc(C(F)(F)F)cc1C#N. The van der Waals surface area contributed by atoms with Crippen LogP contribution in [0.15, 0.2) is 18.2 Å². The second-order valence-electron chi connectivity index (χ2n) is 5.95. The van der Waals surface area contributed by atoms with Crippen LogP contribution in [-0.2, 0) is 6.18 Å². The summed E-state index contributed by atoms with van der Waals surface area (Å²) in [7, 11) is 0. The normalized spacial score (nSPS) is 21.5. The molecule has 0 aliphatic heterocycles. The first kappa shape index (κ1) is 14.7. The van der Waals surface area contributed by atoms with Crippen LogP contribution in [0.3, 0.4) is 0 Å². The molecular formula is C15H17F3N2. The molecule has 2 rings (SSSR count). The number of hydrogen-bond acceptors (Lipinski definition) is 2. The predicted molar refractivity (Wildman–Crippen MR) is 71.2 cm³/mol. The molecule has 1 saturated carbocycles. The van der Waals surface area contributed by atoms with Crippen LogP contribution >= 0.6 is 0 Å². The Hall–Kier alpha value is -1.70. The highest BCUT2D eigenvalue weighted by atomic mass is 19.4. The fourth-order valence-electron chi connectivity index (χ4n) is 2.72. The van der Waals surface area contributed by atoms with E-state index in [9.17, 15) is 13.2 Å². The molecule has 2 nitrogen and oxygen atoms in total. The van der Waals surface area contributed by atoms with Gasteiger partial charge in [-0.3, -0.25) is 0 Å². The Labute approximate surface area is 116 Å². The number of halogens is 3. The van der Waals surface area contributed by atoms with Gasteiger partial charge >= 0.3 is 6.18 Å². The lowest BCUT2D eigenvalue weighted by Gasteiger charge is -2.29. The summed E-state index contributed by atoms with van der Waals surface area (Å²) in [4.78, 5) is 0. The fourth-order valence-corrected chi connectivity index (χ4v) is 2.72. The number of nitrogens with zero attached hydrogens (tertiary/aromatic N) is 1. The highest BCUT2D eigenvalue weighted by Gasteiger charge is 2.35. The molecule has 0 spiro atoms. The van der Waals surface area contributed by atoms with Crippen LogP contribution < -0.4 is 5.32 Å². The molecule has 5 heteroatoms. The summed E-state index contributed by atoms with van der Waals surface area (Å²) in [5.41, 5.74) is -0.164. The van der Waals surface area contributed by atoms with Gasteiger partial charge in [-0.1, -0.05) is 20.3 Å². The van der Waals surface area contributed by atoms with Crippen molar-refractivity contribution in [1.82, 2.24) is 0 Å². The van der Waals surface area contributed by atoms with E-state index in [1.165, 1.54) is 6.07 Å². The number of hydrogen-bond donors (Lipinski definition) is 1. The minimum absolute atomic E-state index is 0.0440. The number of nitrogens with one attached hydrogen (secondary N) is 1. The van der Waals surface area contributed by atoms with Crippen molar-refractivity contribution in [2.45, 2.75) is 45.3 Å². The Morgan fingerprint density at radius 2 is 2.05 bits per heavy atom. The van der Waals surface area contributed by atoms with Crippen LogP contribution in [0.4, 0.5) is 18.9 Å². The predicted octanol–water partition coefficient (Wildman–Crippen LogP) is 4.57. The molecule has 1 fully saturated rings. The third-order valence-electron chi connectivity index (χ3n) is 4.05. The maximum Gasteiger partial charge on any atom is 0.416 e. The number of alkyl halides is 3. The molecule has 1 aromatic rings. The van der Waals surface area contributed by atoms with E-state index >= 15 is 0 Å². The fraction of sp³-hybridized carbons (Fsp3) is 0.533. The van der Waals surface area contributed by atoms with Gasteiger partial charge in [-0.05, 0) is 36.5 Å². The van der Waals surface area contributed by atoms with Crippen molar-refractivity contribution in [3.63, 3.8) is 0 Å². The summed E-state index contributed by atoms with van der Waals surface area (Å²) < 4.78 is 37.9. The van der Waals surface area contributed by atoms with Crippen molar-refractivity contribution in [1.29, 1.82) is 5.26 Å². The minimum Gasteiger partial charge on any atom is -0.381 e. The number of nitriles is 1. The van der Waals surface area contributed by atoms with E-state index in [0.717, 1.165) is 31.4 Å². The zero-order valence-electron chi connectivity index (χ0n) is 11.5. The Morgan fingerprint density at radius 3 is 2.55 bits per heavy atom. The second kappa shape index (κ2) is 5.01. The summed E-state index contributed by atoms with van der Waals surface area (Å²) in [6.07, 6.45) is -1.28. The molecule has 0 heterocycles. The Balaban J connectivity index is 2.27. The van der Waals surface area contributed by atoms with E-state index in [1.54, 1.807) is 0 Å². The molecule has 1 aliphatic rings. The van der Waals surface area contributed by atoms with Gasteiger partial charge in [0.15, 0.2) is 0 Å². The van der Waals surface area contributed by atoms with E-state index < -0.39 is 11.7 Å². The Morgan fingerprint density at radius 1 is 1.35 bits per heavy atom. The van der Waals surface area contributed by atoms with Gasteiger partial charge in [0.1, 0.15) is 6.07 Å². The zero-order chi connectivity index (χ0) is 15.0. The van der Waals surface area contributed by atoms with Crippen molar-refractivity contribution in [3.8, 4) is 6.07 Å². The van der Waals surface area contributed by atoms with Crippen LogP contribution in [0.2, 0.25) is 0 Å². The summed E-state index contributed by atoms with van der Waals surface area (Å²) in [5, 5.41) is 12.3. The standard InChI is InChI=1S/C15H17F3N2/c1-14(2)7-3-4-13(14)20-12-6-5-11(15(16,17)18)8-10(12)9-19/h5-6,8,13,20H,3-4,7H2,1-2H3. The van der Waals surface area contributed by atoms with E-state index in [1.807, 2.05) is 6.07 Å². The maximum absolute atomic E-state index is 12.6. The van der Waals surface area contributed by atoms with Gasteiger partial charge in [-0.15, -0.1) is 0 Å². The largest absolute Gasteiger partial charge is 0.416 e. The molecule has 108 valence electrons. The van der Waals surface area contributed by atoms with Gasteiger partial charge in [-0.2, -0.15) is 18.4 Å². The Bertz CT molecular complexity index is 541. The third-order valence-corrected chi connectivity index (χ3v) is 4.05. The monoisotopic (exact) mass is 282 g/mol. The summed E-state index contributed by atoms with van der Waals surface area (Å²) in [6, 6.07) is 5.32. The van der Waals surface area contributed by atoms with Crippen molar-refractivity contribution in [3.05, 3.63) is 29.3 Å². The molecule has 0 amide bonds. The number of benzene rings is 1. The van der Waals surface area contributed by atoms with Gasteiger partial charge in [0.05, 0.1) is 16.8 Å². The molecular weight excluding hydrogens is 265 g/mol. The molecule has 0 radical (unpaired) electrons. The van der Waals surface area contributed by atoms with E-state index in [4.69, 9.17) is 5.26 Å². The van der Waals surface area contributed by atoms with Gasteiger partial charge in [0.25, 0.3) is 0 Å². The first-order valence-electron chi connectivity index (χ1n) is 6.62. The molecule has 1 aromatic carbocycles. The van der Waals surface area contributed by atoms with Crippen LogP contribution in [0.5, 0.6) is 0 Å². The zero-order valence-corrected chi connectivity index (χ0v) is 11.5. The van der Waals surface area contributed by atoms with Crippen LogP contribution in [-0.4, -0.2) is 6.04 Å². The van der Waals surface area contributed by atoms with Crippen LogP contribution in [0.1, 0.15) is 44.2 Å². The lowest BCUT2D eigenvalue weighted by Crippen LogP contribution is -2.31. The molecule has 1 unspecified atom stereocenters. The average molecular weight is 282 g/mol. The van der Waals surface area contributed by atoms with Gasteiger partial charge < -0.3 is 5.32 Å².